The molecule has 0 radical (unpaired) electrons. The van der Waals surface area contributed by atoms with Crippen LogP contribution >= 0.6 is 0 Å². The average molecular weight is 347 g/mol. The first-order valence-electron chi connectivity index (χ1n) is 9.47. The van der Waals surface area contributed by atoms with Gasteiger partial charge in [-0.1, -0.05) is 13.3 Å². The Balaban J connectivity index is 1.44. The Morgan fingerprint density at radius 1 is 1.28 bits per heavy atom. The van der Waals surface area contributed by atoms with Crippen LogP contribution in [0.25, 0.3) is 0 Å². The van der Waals surface area contributed by atoms with Crippen LogP contribution in [0.2, 0.25) is 0 Å². The Morgan fingerprint density at radius 3 is 2.68 bits per heavy atom. The van der Waals surface area contributed by atoms with E-state index < -0.39 is 0 Å². The van der Waals surface area contributed by atoms with Crippen LogP contribution in [0.15, 0.2) is 17.2 Å². The number of piperidine rings is 1. The molecule has 2 N–H and O–H groups in total. The van der Waals surface area contributed by atoms with Crippen LogP contribution in [0, 0.1) is 11.8 Å². The van der Waals surface area contributed by atoms with Gasteiger partial charge in [-0.05, 0) is 38.0 Å². The summed E-state index contributed by atoms with van der Waals surface area (Å²) in [4.78, 5) is 30.7. The smallest absolute Gasteiger partial charge is 0.315 e. The van der Waals surface area contributed by atoms with Gasteiger partial charge in [0.15, 0.2) is 5.82 Å². The highest BCUT2D eigenvalue weighted by molar-refractivity contribution is 5.74. The molecule has 0 spiro atoms. The van der Waals surface area contributed by atoms with E-state index in [9.17, 15) is 9.59 Å². The van der Waals surface area contributed by atoms with Crippen LogP contribution in [0.1, 0.15) is 39.5 Å². The lowest BCUT2D eigenvalue weighted by atomic mass is 10.1. The molecule has 25 heavy (non-hydrogen) atoms. The molecule has 3 rings (SSSR count). The number of urea groups is 1. The van der Waals surface area contributed by atoms with Crippen molar-refractivity contribution in [3.05, 3.63) is 22.7 Å². The number of hydrogen-bond acceptors (Lipinski definition) is 4. The third-order valence-corrected chi connectivity index (χ3v) is 5.48. The second kappa shape index (κ2) is 7.89. The van der Waals surface area contributed by atoms with E-state index in [1.165, 1.54) is 12.8 Å². The molecule has 2 fully saturated rings. The van der Waals surface area contributed by atoms with E-state index in [4.69, 9.17) is 0 Å². The van der Waals surface area contributed by atoms with Gasteiger partial charge < -0.3 is 20.1 Å². The van der Waals surface area contributed by atoms with Crippen molar-refractivity contribution in [3.8, 4) is 0 Å². The van der Waals surface area contributed by atoms with E-state index in [0.717, 1.165) is 38.4 Å². The lowest BCUT2D eigenvalue weighted by molar-refractivity contribution is 0.233. The Kier molecular flexibility index (Phi) is 5.60. The molecule has 2 aliphatic rings. The molecule has 0 aromatic carbocycles. The fraction of sp³-hybridized carbons (Fsp3) is 0.722. The topological polar surface area (TPSA) is 79.3 Å². The van der Waals surface area contributed by atoms with Crippen molar-refractivity contribution < 1.29 is 4.79 Å². The normalized spacial score (nSPS) is 23.4. The molecule has 0 unspecified atom stereocenters. The van der Waals surface area contributed by atoms with E-state index in [1.54, 1.807) is 17.0 Å². The summed E-state index contributed by atoms with van der Waals surface area (Å²) in [5, 5.41) is 6.06. The van der Waals surface area contributed by atoms with Crippen LogP contribution in [-0.2, 0) is 6.54 Å². The zero-order chi connectivity index (χ0) is 17.8. The van der Waals surface area contributed by atoms with Crippen LogP contribution in [-0.4, -0.2) is 41.3 Å². The van der Waals surface area contributed by atoms with E-state index in [0.29, 0.717) is 18.3 Å². The zero-order valence-corrected chi connectivity index (χ0v) is 15.2. The van der Waals surface area contributed by atoms with Gasteiger partial charge in [-0.25, -0.2) is 9.78 Å². The maximum atomic E-state index is 12.3. The predicted molar refractivity (Wildman–Crippen MR) is 97.8 cm³/mol. The highest BCUT2D eigenvalue weighted by atomic mass is 16.2. The summed E-state index contributed by atoms with van der Waals surface area (Å²) in [7, 11) is 0. The third kappa shape index (κ3) is 4.32. The number of hydrogen-bond donors (Lipinski definition) is 2. The lowest BCUT2D eigenvalue weighted by Crippen LogP contribution is -2.49. The van der Waals surface area contributed by atoms with Gasteiger partial charge >= 0.3 is 6.03 Å². The summed E-state index contributed by atoms with van der Waals surface area (Å²) < 4.78 is 1.67. The summed E-state index contributed by atoms with van der Waals surface area (Å²) in [6.07, 6.45) is 7.51. The summed E-state index contributed by atoms with van der Waals surface area (Å²) in [5.74, 6) is 1.99. The number of aromatic nitrogens is 2. The SMILES string of the molecule is CC[C@@H]1C[C@H]1CNC(=O)NC1CCN(c2nccn(CC)c2=O)CC1. The van der Waals surface area contributed by atoms with E-state index in [-0.39, 0.29) is 17.6 Å². The molecular weight excluding hydrogens is 318 g/mol. The second-order valence-corrected chi connectivity index (χ2v) is 7.12. The molecule has 1 aliphatic heterocycles. The van der Waals surface area contributed by atoms with Crippen molar-refractivity contribution in [2.75, 3.05) is 24.5 Å². The number of anilines is 1. The van der Waals surface area contributed by atoms with Gasteiger partial charge in [0.1, 0.15) is 0 Å². The van der Waals surface area contributed by atoms with Crippen LogP contribution in [0.4, 0.5) is 10.6 Å². The lowest BCUT2D eigenvalue weighted by Gasteiger charge is -2.32. The molecule has 7 nitrogen and oxygen atoms in total. The van der Waals surface area contributed by atoms with E-state index >= 15 is 0 Å². The molecule has 1 saturated carbocycles. The number of nitrogens with zero attached hydrogens (tertiary/aromatic N) is 3. The summed E-state index contributed by atoms with van der Waals surface area (Å²) in [5.41, 5.74) is -0.0379. The van der Waals surface area contributed by atoms with Crippen LogP contribution in [0.3, 0.4) is 0 Å². The van der Waals surface area contributed by atoms with E-state index in [2.05, 4.69) is 22.5 Å². The van der Waals surface area contributed by atoms with Gasteiger partial charge in [0, 0.05) is 44.6 Å². The average Bonchev–Trinajstić information content (AvgIpc) is 3.40. The number of amides is 2. The minimum Gasteiger partial charge on any atom is -0.352 e. The quantitative estimate of drug-likeness (QED) is 0.819. The fourth-order valence-corrected chi connectivity index (χ4v) is 3.66. The number of rotatable bonds is 6. The Hall–Kier alpha value is -2.05. The van der Waals surface area contributed by atoms with Gasteiger partial charge in [-0.15, -0.1) is 0 Å². The van der Waals surface area contributed by atoms with Crippen molar-refractivity contribution in [3.63, 3.8) is 0 Å². The Morgan fingerprint density at radius 2 is 2.04 bits per heavy atom. The van der Waals surface area contributed by atoms with Crippen molar-refractivity contribution in [1.29, 1.82) is 0 Å². The van der Waals surface area contributed by atoms with Gasteiger partial charge in [0.05, 0.1) is 0 Å². The minimum absolute atomic E-state index is 0.0379. The minimum atomic E-state index is -0.0635. The third-order valence-electron chi connectivity index (χ3n) is 5.48. The molecule has 1 aromatic rings. The predicted octanol–water partition coefficient (Wildman–Crippen LogP) is 1.58. The number of aryl methyl sites for hydroxylation is 1. The first-order chi connectivity index (χ1) is 12.1. The zero-order valence-electron chi connectivity index (χ0n) is 15.2. The van der Waals surface area contributed by atoms with Crippen molar-refractivity contribution in [2.45, 2.75) is 52.1 Å². The molecule has 2 heterocycles. The molecule has 0 bridgehead atoms. The molecule has 2 atom stereocenters. The highest BCUT2D eigenvalue weighted by Gasteiger charge is 2.35. The fourth-order valence-electron chi connectivity index (χ4n) is 3.66. The molecule has 1 saturated heterocycles. The standard InChI is InChI=1S/C18H29N5O2/c1-3-13-11-14(13)12-20-18(25)21-15-5-8-23(9-6-15)16-17(24)22(4-2)10-7-19-16/h7,10,13-15H,3-6,8-9,11-12H2,1-2H3,(H2,20,21,25)/t13-,14+/m1/s1. The molecule has 138 valence electrons. The Bertz CT molecular complexity index is 651. The van der Waals surface area contributed by atoms with Crippen molar-refractivity contribution in [1.82, 2.24) is 20.2 Å². The maximum absolute atomic E-state index is 12.3. The molecule has 1 aromatic heterocycles. The van der Waals surface area contributed by atoms with Gasteiger partial charge in [-0.3, -0.25) is 4.79 Å². The van der Waals surface area contributed by atoms with Gasteiger partial charge in [0.2, 0.25) is 0 Å². The second-order valence-electron chi connectivity index (χ2n) is 7.12. The monoisotopic (exact) mass is 347 g/mol. The van der Waals surface area contributed by atoms with Gasteiger partial charge in [0.25, 0.3) is 5.56 Å². The summed E-state index contributed by atoms with van der Waals surface area (Å²) in [6, 6.07) is 0.0981. The largest absolute Gasteiger partial charge is 0.352 e. The molecule has 7 heteroatoms. The summed E-state index contributed by atoms with van der Waals surface area (Å²) in [6.45, 7) is 7.06. The van der Waals surface area contributed by atoms with Crippen molar-refractivity contribution in [2.24, 2.45) is 11.8 Å². The number of nitrogens with one attached hydrogen (secondary N) is 2. The summed E-state index contributed by atoms with van der Waals surface area (Å²) >= 11 is 0. The molecular formula is C18H29N5O2. The Labute approximate surface area is 148 Å². The number of carbonyl (C=O) groups is 1. The van der Waals surface area contributed by atoms with Crippen LogP contribution in [0.5, 0.6) is 0 Å². The van der Waals surface area contributed by atoms with Crippen LogP contribution < -0.4 is 21.1 Å². The molecule has 2 amide bonds. The number of carbonyl (C=O) groups excluding carboxylic acids is 1. The van der Waals surface area contributed by atoms with Gasteiger partial charge in [-0.2, -0.15) is 0 Å². The highest BCUT2D eigenvalue weighted by Crippen LogP contribution is 2.40. The van der Waals surface area contributed by atoms with E-state index in [1.807, 2.05) is 11.8 Å². The maximum Gasteiger partial charge on any atom is 0.315 e. The van der Waals surface area contributed by atoms with Crippen molar-refractivity contribution >= 4 is 11.8 Å². The molecule has 1 aliphatic carbocycles. The first kappa shape index (κ1) is 17.8. The first-order valence-corrected chi connectivity index (χ1v) is 9.47.